The van der Waals surface area contributed by atoms with Crippen LogP contribution in [-0.2, 0) is 9.59 Å². The smallest absolute Gasteiger partial charge is 0.274 e. The van der Waals surface area contributed by atoms with Crippen LogP contribution in [0.25, 0.3) is 0 Å². The maximum atomic E-state index is 12.4. The molecule has 3 amide bonds. The Hall–Kier alpha value is -2.51. The van der Waals surface area contributed by atoms with E-state index in [-0.39, 0.29) is 23.6 Å². The molecule has 23 heavy (non-hydrogen) atoms. The number of hydrogen-bond acceptors (Lipinski definition) is 5. The van der Waals surface area contributed by atoms with Gasteiger partial charge in [-0.2, -0.15) is 0 Å². The predicted octanol–water partition coefficient (Wildman–Crippen LogP) is -0.761. The third-order valence-corrected chi connectivity index (χ3v) is 4.34. The molecule has 1 aromatic heterocycles. The Bertz CT molecular complexity index is 607. The van der Waals surface area contributed by atoms with Crippen LogP contribution in [0.2, 0.25) is 0 Å². The second-order valence-corrected chi connectivity index (χ2v) is 5.83. The summed E-state index contributed by atoms with van der Waals surface area (Å²) < 4.78 is 0. The molecule has 122 valence electrons. The van der Waals surface area contributed by atoms with Crippen molar-refractivity contribution in [2.75, 3.05) is 39.3 Å². The van der Waals surface area contributed by atoms with E-state index < -0.39 is 0 Å². The lowest BCUT2D eigenvalue weighted by atomic mass is 9.97. The number of amides is 3. The highest BCUT2D eigenvalue weighted by molar-refractivity contribution is 5.94. The zero-order chi connectivity index (χ0) is 16.4. The maximum absolute atomic E-state index is 12.4. The summed E-state index contributed by atoms with van der Waals surface area (Å²) in [6.07, 6.45) is 4.42. The highest BCUT2D eigenvalue weighted by atomic mass is 16.2. The molecule has 0 N–H and O–H groups in total. The van der Waals surface area contributed by atoms with Crippen LogP contribution in [0, 0.1) is 5.92 Å². The Kier molecular flexibility index (Phi) is 4.22. The lowest BCUT2D eigenvalue weighted by molar-refractivity contribution is -0.144. The van der Waals surface area contributed by atoms with E-state index in [2.05, 4.69) is 9.97 Å². The van der Waals surface area contributed by atoms with Crippen LogP contribution in [0.5, 0.6) is 0 Å². The molecule has 0 bridgehead atoms. The lowest BCUT2D eigenvalue weighted by Crippen LogP contribution is -2.59. The number of hydrogen-bond donors (Lipinski definition) is 0. The van der Waals surface area contributed by atoms with Gasteiger partial charge in [0.25, 0.3) is 5.91 Å². The van der Waals surface area contributed by atoms with E-state index in [1.807, 2.05) is 0 Å². The first kappa shape index (κ1) is 15.4. The van der Waals surface area contributed by atoms with Crippen molar-refractivity contribution in [3.05, 3.63) is 24.3 Å². The van der Waals surface area contributed by atoms with Gasteiger partial charge in [-0.3, -0.25) is 19.4 Å². The molecule has 0 unspecified atom stereocenters. The van der Waals surface area contributed by atoms with Gasteiger partial charge in [-0.05, 0) is 0 Å². The third-order valence-electron chi connectivity index (χ3n) is 4.34. The van der Waals surface area contributed by atoms with Crippen LogP contribution in [-0.4, -0.2) is 81.7 Å². The van der Waals surface area contributed by atoms with E-state index in [0.717, 1.165) is 0 Å². The van der Waals surface area contributed by atoms with E-state index in [4.69, 9.17) is 0 Å². The molecule has 3 heterocycles. The summed E-state index contributed by atoms with van der Waals surface area (Å²) in [4.78, 5) is 48.9. The van der Waals surface area contributed by atoms with Gasteiger partial charge in [-0.1, -0.05) is 0 Å². The highest BCUT2D eigenvalue weighted by Crippen LogP contribution is 2.21. The van der Waals surface area contributed by atoms with Crippen molar-refractivity contribution in [1.82, 2.24) is 24.7 Å². The molecule has 0 saturated carbocycles. The number of likely N-dealkylation sites (tertiary alicyclic amines) is 1. The zero-order valence-corrected chi connectivity index (χ0v) is 13.0. The first-order valence-electron chi connectivity index (χ1n) is 7.66. The van der Waals surface area contributed by atoms with Gasteiger partial charge < -0.3 is 14.7 Å². The molecule has 2 fully saturated rings. The minimum absolute atomic E-state index is 0.0430. The van der Waals surface area contributed by atoms with Crippen molar-refractivity contribution in [1.29, 1.82) is 0 Å². The van der Waals surface area contributed by atoms with Gasteiger partial charge in [0.2, 0.25) is 11.8 Å². The van der Waals surface area contributed by atoms with Gasteiger partial charge in [-0.15, -0.1) is 0 Å². The van der Waals surface area contributed by atoms with Gasteiger partial charge in [0.15, 0.2) is 0 Å². The average molecular weight is 317 g/mol. The molecule has 0 atom stereocenters. The largest absolute Gasteiger partial charge is 0.339 e. The van der Waals surface area contributed by atoms with Crippen molar-refractivity contribution in [3.63, 3.8) is 0 Å². The van der Waals surface area contributed by atoms with Gasteiger partial charge >= 0.3 is 0 Å². The molecule has 2 aliphatic rings. The Labute approximate surface area is 134 Å². The molecule has 8 heteroatoms. The summed E-state index contributed by atoms with van der Waals surface area (Å²) in [5.41, 5.74) is 0.300. The van der Waals surface area contributed by atoms with Gasteiger partial charge in [0.05, 0.1) is 12.1 Å². The fraction of sp³-hybridized carbons (Fsp3) is 0.533. The summed E-state index contributed by atoms with van der Waals surface area (Å²) in [7, 11) is 0. The van der Waals surface area contributed by atoms with Gasteiger partial charge in [0, 0.05) is 58.6 Å². The second kappa shape index (κ2) is 6.31. The number of carbonyl (C=O) groups excluding carboxylic acids is 3. The van der Waals surface area contributed by atoms with Crippen LogP contribution in [0.3, 0.4) is 0 Å². The van der Waals surface area contributed by atoms with Crippen molar-refractivity contribution in [2.24, 2.45) is 5.92 Å². The van der Waals surface area contributed by atoms with Gasteiger partial charge in [0.1, 0.15) is 5.69 Å². The molecule has 0 radical (unpaired) electrons. The first-order valence-corrected chi connectivity index (χ1v) is 7.66. The molecule has 2 aliphatic heterocycles. The second-order valence-electron chi connectivity index (χ2n) is 5.83. The fourth-order valence-corrected chi connectivity index (χ4v) is 2.87. The standard InChI is InChI=1S/C15H19N5O3/c1-11(21)18-4-6-19(7-5-18)14(22)12-9-20(10-12)15(23)13-8-16-2-3-17-13/h2-3,8,12H,4-7,9-10H2,1H3. The number of aromatic nitrogens is 2. The predicted molar refractivity (Wildman–Crippen MR) is 80.3 cm³/mol. The maximum Gasteiger partial charge on any atom is 0.274 e. The van der Waals surface area contributed by atoms with Crippen molar-refractivity contribution >= 4 is 17.7 Å². The minimum Gasteiger partial charge on any atom is -0.339 e. The Morgan fingerprint density at radius 2 is 1.65 bits per heavy atom. The molecule has 0 spiro atoms. The monoisotopic (exact) mass is 317 g/mol. The fourth-order valence-electron chi connectivity index (χ4n) is 2.87. The zero-order valence-electron chi connectivity index (χ0n) is 13.0. The number of nitrogens with zero attached hydrogens (tertiary/aromatic N) is 5. The molecule has 2 saturated heterocycles. The normalized spacial score (nSPS) is 18.6. The van der Waals surface area contributed by atoms with Crippen LogP contribution in [0.1, 0.15) is 17.4 Å². The first-order chi connectivity index (χ1) is 11.1. The van der Waals surface area contributed by atoms with Crippen molar-refractivity contribution in [2.45, 2.75) is 6.92 Å². The Morgan fingerprint density at radius 1 is 1.00 bits per heavy atom. The molecule has 0 aromatic carbocycles. The number of rotatable bonds is 2. The summed E-state index contributed by atoms with van der Waals surface area (Å²) in [5.74, 6) is -0.235. The van der Waals surface area contributed by atoms with E-state index in [9.17, 15) is 14.4 Å². The SMILES string of the molecule is CC(=O)N1CCN(C(=O)C2CN(C(=O)c3cnccn3)C2)CC1. The molecule has 8 nitrogen and oxygen atoms in total. The molecule has 0 aliphatic carbocycles. The lowest BCUT2D eigenvalue weighted by Gasteiger charge is -2.42. The van der Waals surface area contributed by atoms with E-state index in [1.165, 1.54) is 18.6 Å². The van der Waals surface area contributed by atoms with E-state index in [1.54, 1.807) is 21.6 Å². The van der Waals surface area contributed by atoms with Crippen LogP contribution >= 0.6 is 0 Å². The summed E-state index contributed by atoms with van der Waals surface area (Å²) >= 11 is 0. The van der Waals surface area contributed by atoms with E-state index in [0.29, 0.717) is 45.0 Å². The molecular formula is C15H19N5O3. The quantitative estimate of drug-likeness (QED) is 0.715. The minimum atomic E-state index is -0.191. The van der Waals surface area contributed by atoms with Crippen LogP contribution in [0.15, 0.2) is 18.6 Å². The number of carbonyl (C=O) groups is 3. The summed E-state index contributed by atoms with van der Waals surface area (Å²) in [6.45, 7) is 4.66. The average Bonchev–Trinajstić information content (AvgIpc) is 2.54. The van der Waals surface area contributed by atoms with Crippen molar-refractivity contribution < 1.29 is 14.4 Å². The molecular weight excluding hydrogens is 298 g/mol. The summed E-state index contributed by atoms with van der Waals surface area (Å²) in [5, 5.41) is 0. The van der Waals surface area contributed by atoms with Crippen LogP contribution in [0.4, 0.5) is 0 Å². The van der Waals surface area contributed by atoms with Gasteiger partial charge in [-0.25, -0.2) is 4.98 Å². The highest BCUT2D eigenvalue weighted by Gasteiger charge is 2.39. The van der Waals surface area contributed by atoms with E-state index >= 15 is 0 Å². The van der Waals surface area contributed by atoms with Crippen molar-refractivity contribution in [3.8, 4) is 0 Å². The Balaban J connectivity index is 1.49. The van der Waals surface area contributed by atoms with Crippen LogP contribution < -0.4 is 0 Å². The molecule has 1 aromatic rings. The number of piperazine rings is 1. The topological polar surface area (TPSA) is 86.7 Å². The summed E-state index contributed by atoms with van der Waals surface area (Å²) in [6, 6.07) is 0. The molecule has 3 rings (SSSR count). The third kappa shape index (κ3) is 3.15. The Morgan fingerprint density at radius 3 is 2.22 bits per heavy atom.